The number of rotatable bonds is 7. The fraction of sp³-hybridized carbons (Fsp3) is 0.182. The van der Waals surface area contributed by atoms with E-state index in [9.17, 15) is 4.79 Å². The van der Waals surface area contributed by atoms with Gasteiger partial charge >= 0.3 is 0 Å². The second kappa shape index (κ2) is 9.75. The number of thioether (sulfide) groups is 1. The van der Waals surface area contributed by atoms with Gasteiger partial charge in [0.05, 0.1) is 6.21 Å². The van der Waals surface area contributed by atoms with Crippen molar-refractivity contribution in [2.45, 2.75) is 25.2 Å². The summed E-state index contributed by atoms with van der Waals surface area (Å²) in [6.07, 6.45) is 2.13. The molecule has 3 aromatic rings. The number of aromatic nitrogens is 1. The first-order chi connectivity index (χ1) is 13.5. The number of hydrogen-bond acceptors (Lipinski definition) is 3. The smallest absolute Gasteiger partial charge is 0.240 e. The van der Waals surface area contributed by atoms with Crippen molar-refractivity contribution in [1.82, 2.24) is 9.99 Å². The van der Waals surface area contributed by atoms with Crippen LogP contribution in [0.15, 0.2) is 75.1 Å². The lowest BCUT2D eigenvalue weighted by Gasteiger charge is -2.09. The molecular formula is C22H22BrN3OS. The van der Waals surface area contributed by atoms with Crippen molar-refractivity contribution < 1.29 is 4.79 Å². The Bertz CT molecular complexity index is 983. The molecule has 0 aliphatic heterocycles. The van der Waals surface area contributed by atoms with Gasteiger partial charge in [-0.05, 0) is 50.2 Å². The lowest BCUT2D eigenvalue weighted by atomic mass is 10.2. The molecule has 3 rings (SSSR count). The van der Waals surface area contributed by atoms with Gasteiger partial charge < -0.3 is 4.57 Å². The quantitative estimate of drug-likeness (QED) is 0.290. The van der Waals surface area contributed by atoms with Gasteiger partial charge in [-0.3, -0.25) is 4.79 Å². The predicted molar refractivity (Wildman–Crippen MR) is 120 cm³/mol. The van der Waals surface area contributed by atoms with Crippen molar-refractivity contribution in [3.05, 3.63) is 82.1 Å². The Morgan fingerprint density at radius 2 is 1.93 bits per heavy atom. The number of carbonyl (C=O) groups is 1. The van der Waals surface area contributed by atoms with Gasteiger partial charge in [0.25, 0.3) is 0 Å². The molecule has 0 bridgehead atoms. The molecule has 0 aliphatic rings. The minimum atomic E-state index is -0.0829. The molecule has 0 unspecified atom stereocenters. The highest BCUT2D eigenvalue weighted by Gasteiger charge is 2.10. The Hall–Kier alpha value is -2.31. The first-order valence-corrected chi connectivity index (χ1v) is 10.8. The van der Waals surface area contributed by atoms with Gasteiger partial charge in [0.15, 0.2) is 0 Å². The molecule has 0 saturated heterocycles. The maximum absolute atomic E-state index is 12.0. The third-order valence-corrected chi connectivity index (χ3v) is 5.78. The molecule has 1 aromatic heterocycles. The van der Waals surface area contributed by atoms with E-state index in [-0.39, 0.29) is 5.91 Å². The average Bonchev–Trinajstić information content (AvgIpc) is 2.96. The molecule has 0 radical (unpaired) electrons. The summed E-state index contributed by atoms with van der Waals surface area (Å²) in [5.74, 6) is 0.642. The van der Waals surface area contributed by atoms with Crippen LogP contribution in [0.25, 0.3) is 5.69 Å². The van der Waals surface area contributed by atoms with Crippen LogP contribution in [0.2, 0.25) is 0 Å². The maximum Gasteiger partial charge on any atom is 0.240 e. The number of halogens is 1. The molecule has 0 saturated carbocycles. The minimum Gasteiger partial charge on any atom is -0.318 e. The summed E-state index contributed by atoms with van der Waals surface area (Å²) >= 11 is 5.19. The molecule has 28 heavy (non-hydrogen) atoms. The molecular weight excluding hydrogens is 434 g/mol. The van der Waals surface area contributed by atoms with Gasteiger partial charge in [-0.2, -0.15) is 5.10 Å². The normalized spacial score (nSPS) is 11.1. The van der Waals surface area contributed by atoms with Gasteiger partial charge in [-0.15, -0.1) is 11.8 Å². The fourth-order valence-corrected chi connectivity index (χ4v) is 4.20. The molecule has 144 valence electrons. The van der Waals surface area contributed by atoms with E-state index in [1.165, 1.54) is 4.90 Å². The Kier molecular flexibility index (Phi) is 7.12. The third kappa shape index (κ3) is 5.36. The summed E-state index contributed by atoms with van der Waals surface area (Å²) in [6, 6.07) is 20.3. The van der Waals surface area contributed by atoms with Crippen LogP contribution in [0.1, 0.15) is 23.4 Å². The second-order valence-corrected chi connectivity index (χ2v) is 8.43. The van der Waals surface area contributed by atoms with Crippen molar-refractivity contribution in [2.75, 3.05) is 5.75 Å². The molecule has 0 atom stereocenters. The van der Waals surface area contributed by atoms with E-state index >= 15 is 0 Å². The predicted octanol–water partition coefficient (Wildman–Crippen LogP) is 5.49. The topological polar surface area (TPSA) is 46.4 Å². The van der Waals surface area contributed by atoms with Crippen LogP contribution >= 0.6 is 27.7 Å². The van der Waals surface area contributed by atoms with E-state index in [4.69, 9.17) is 0 Å². The highest BCUT2D eigenvalue weighted by atomic mass is 79.9. The second-order valence-electron chi connectivity index (χ2n) is 6.35. The molecule has 0 aliphatic carbocycles. The van der Waals surface area contributed by atoms with Gasteiger partial charge in [-0.1, -0.05) is 40.2 Å². The van der Waals surface area contributed by atoms with Gasteiger partial charge in [0, 0.05) is 44.2 Å². The summed E-state index contributed by atoms with van der Waals surface area (Å²) in [5, 5.41) is 4.14. The molecule has 1 heterocycles. The number of hydrazone groups is 1. The van der Waals surface area contributed by atoms with E-state index in [2.05, 4.69) is 56.1 Å². The van der Waals surface area contributed by atoms with E-state index in [0.29, 0.717) is 6.42 Å². The SMILES string of the molecule is Cc1cc(/C=N\NC(=O)CCSc2ccccc2)c(C)n1-c1cccc(Br)c1. The van der Waals surface area contributed by atoms with E-state index in [1.807, 2.05) is 49.4 Å². The Morgan fingerprint density at radius 3 is 2.68 bits per heavy atom. The molecule has 4 nitrogen and oxygen atoms in total. The lowest BCUT2D eigenvalue weighted by molar-refractivity contribution is -0.120. The Balaban J connectivity index is 1.57. The van der Waals surface area contributed by atoms with E-state index in [1.54, 1.807) is 18.0 Å². The Morgan fingerprint density at radius 1 is 1.14 bits per heavy atom. The molecule has 0 fully saturated rings. The van der Waals surface area contributed by atoms with Crippen molar-refractivity contribution >= 4 is 39.8 Å². The number of nitrogens with one attached hydrogen (secondary N) is 1. The number of aryl methyl sites for hydroxylation is 1. The van der Waals surface area contributed by atoms with E-state index in [0.717, 1.165) is 32.9 Å². The van der Waals surface area contributed by atoms with Crippen molar-refractivity contribution in [3.8, 4) is 5.69 Å². The van der Waals surface area contributed by atoms with E-state index < -0.39 is 0 Å². The van der Waals surface area contributed by atoms with Crippen molar-refractivity contribution in [2.24, 2.45) is 5.10 Å². The van der Waals surface area contributed by atoms with Crippen LogP contribution in [0.4, 0.5) is 0 Å². The van der Waals surface area contributed by atoms with Crippen molar-refractivity contribution in [1.29, 1.82) is 0 Å². The third-order valence-electron chi connectivity index (χ3n) is 4.27. The van der Waals surface area contributed by atoms with Gasteiger partial charge in [0.1, 0.15) is 0 Å². The molecule has 0 spiro atoms. The zero-order valence-electron chi connectivity index (χ0n) is 15.9. The number of carbonyl (C=O) groups excluding carboxylic acids is 1. The largest absolute Gasteiger partial charge is 0.318 e. The molecule has 2 aromatic carbocycles. The summed E-state index contributed by atoms with van der Waals surface area (Å²) in [4.78, 5) is 13.2. The zero-order valence-corrected chi connectivity index (χ0v) is 18.3. The van der Waals surface area contributed by atoms with Crippen LogP contribution in [0.5, 0.6) is 0 Å². The highest BCUT2D eigenvalue weighted by molar-refractivity contribution is 9.10. The summed E-state index contributed by atoms with van der Waals surface area (Å²) in [6.45, 7) is 4.11. The summed E-state index contributed by atoms with van der Waals surface area (Å²) in [5.41, 5.74) is 6.88. The summed E-state index contributed by atoms with van der Waals surface area (Å²) < 4.78 is 3.21. The summed E-state index contributed by atoms with van der Waals surface area (Å²) in [7, 11) is 0. The Labute approximate surface area is 178 Å². The lowest BCUT2D eigenvalue weighted by Crippen LogP contribution is -2.17. The highest BCUT2D eigenvalue weighted by Crippen LogP contribution is 2.22. The first-order valence-electron chi connectivity index (χ1n) is 8.99. The maximum atomic E-state index is 12.0. The minimum absolute atomic E-state index is 0.0829. The number of hydrogen-bond donors (Lipinski definition) is 1. The number of benzene rings is 2. The van der Waals surface area contributed by atoms with Gasteiger partial charge in [-0.25, -0.2) is 5.43 Å². The molecule has 1 N–H and O–H groups in total. The van der Waals surface area contributed by atoms with Crippen LogP contribution in [-0.2, 0) is 4.79 Å². The monoisotopic (exact) mass is 455 g/mol. The zero-order chi connectivity index (χ0) is 19.9. The number of amides is 1. The first kappa shape index (κ1) is 20.4. The van der Waals surface area contributed by atoms with Gasteiger partial charge in [0.2, 0.25) is 5.91 Å². The van der Waals surface area contributed by atoms with Crippen LogP contribution < -0.4 is 5.43 Å². The van der Waals surface area contributed by atoms with Crippen molar-refractivity contribution in [3.63, 3.8) is 0 Å². The average molecular weight is 456 g/mol. The fourth-order valence-electron chi connectivity index (χ4n) is 2.94. The van der Waals surface area contributed by atoms with Crippen LogP contribution in [0, 0.1) is 13.8 Å². The molecule has 6 heteroatoms. The molecule has 1 amide bonds. The van der Waals surface area contributed by atoms with Crippen LogP contribution in [0.3, 0.4) is 0 Å². The van der Waals surface area contributed by atoms with Crippen LogP contribution in [-0.4, -0.2) is 22.4 Å². The number of nitrogens with zero attached hydrogens (tertiary/aromatic N) is 2. The standard InChI is InChI=1S/C22H22BrN3OS/c1-16-13-18(17(2)26(16)20-8-6-7-19(23)14-20)15-24-25-22(27)11-12-28-21-9-4-3-5-10-21/h3-10,13-15H,11-12H2,1-2H3,(H,25,27)/b24-15-.